The average Bonchev–Trinajstić information content (AvgIpc) is 3.22. The van der Waals surface area contributed by atoms with Crippen LogP contribution in [-0.2, 0) is 20.7 Å². The first kappa shape index (κ1) is 16.7. The highest BCUT2D eigenvalue weighted by atomic mass is 16.5. The molecule has 1 aliphatic rings. The molecule has 5 nitrogen and oxygen atoms in total. The number of ether oxygens (including phenoxy) is 1. The van der Waals surface area contributed by atoms with E-state index in [4.69, 9.17) is 10.5 Å². The van der Waals surface area contributed by atoms with Gasteiger partial charge in [0, 0.05) is 23.5 Å². The van der Waals surface area contributed by atoms with Gasteiger partial charge in [-0.15, -0.1) is 0 Å². The van der Waals surface area contributed by atoms with E-state index < -0.39 is 11.5 Å². The molecule has 0 aliphatic heterocycles. The van der Waals surface area contributed by atoms with Crippen LogP contribution in [0.2, 0.25) is 0 Å². The van der Waals surface area contributed by atoms with E-state index in [1.807, 2.05) is 30.5 Å². The number of fused-ring (bicyclic) bond motifs is 1. The van der Waals surface area contributed by atoms with Gasteiger partial charge in [0.15, 0.2) is 5.78 Å². The molecule has 1 aromatic heterocycles. The predicted molar refractivity (Wildman–Crippen MR) is 92.5 cm³/mol. The largest absolute Gasteiger partial charge is 0.469 e. The lowest BCUT2D eigenvalue weighted by molar-refractivity contribution is -0.154. The summed E-state index contributed by atoms with van der Waals surface area (Å²) in [5.74, 6) is -0.333. The standard InChI is InChI=1S/C19H24N2O3/c1-24-18(23)19(8-4-5-9-19)11-17(22)15(20)10-13-12-21-16-7-3-2-6-14(13)16/h2-3,6-7,12,15,21H,4-5,8-11,20H2,1H3. The first-order valence-corrected chi connectivity index (χ1v) is 8.47. The zero-order valence-corrected chi connectivity index (χ0v) is 14.0. The minimum Gasteiger partial charge on any atom is -0.469 e. The summed E-state index contributed by atoms with van der Waals surface area (Å²) in [5.41, 5.74) is 7.57. The molecule has 0 amide bonds. The quantitative estimate of drug-likeness (QED) is 0.799. The third-order valence-electron chi connectivity index (χ3n) is 5.22. The smallest absolute Gasteiger partial charge is 0.312 e. The number of nitrogens with two attached hydrogens (primary N) is 1. The summed E-state index contributed by atoms with van der Waals surface area (Å²) in [4.78, 5) is 28.0. The van der Waals surface area contributed by atoms with Crippen LogP contribution in [-0.4, -0.2) is 29.9 Å². The SMILES string of the molecule is COC(=O)C1(CC(=O)C(N)Cc2c[nH]c3ccccc23)CCCC1. The zero-order valence-electron chi connectivity index (χ0n) is 14.0. The van der Waals surface area contributed by atoms with Gasteiger partial charge in [-0.05, 0) is 30.9 Å². The number of para-hydroxylation sites is 1. The molecule has 1 unspecified atom stereocenters. The molecule has 1 heterocycles. The Morgan fingerprint density at radius 2 is 2.00 bits per heavy atom. The number of methoxy groups -OCH3 is 1. The number of carbonyl (C=O) groups is 2. The van der Waals surface area contributed by atoms with Gasteiger partial charge in [-0.25, -0.2) is 0 Å². The van der Waals surface area contributed by atoms with E-state index in [1.165, 1.54) is 7.11 Å². The van der Waals surface area contributed by atoms with E-state index in [9.17, 15) is 9.59 Å². The zero-order chi connectivity index (χ0) is 17.2. The van der Waals surface area contributed by atoms with Crippen molar-refractivity contribution in [2.75, 3.05) is 7.11 Å². The molecule has 128 valence electrons. The molecule has 1 aromatic carbocycles. The minimum absolute atomic E-state index is 0.0624. The number of carbonyl (C=O) groups excluding carboxylic acids is 2. The Balaban J connectivity index is 1.71. The molecule has 1 fully saturated rings. The Morgan fingerprint density at radius 1 is 1.29 bits per heavy atom. The summed E-state index contributed by atoms with van der Waals surface area (Å²) in [7, 11) is 1.39. The summed E-state index contributed by atoms with van der Waals surface area (Å²) >= 11 is 0. The van der Waals surface area contributed by atoms with Gasteiger partial charge in [-0.2, -0.15) is 0 Å². The maximum atomic E-state index is 12.6. The van der Waals surface area contributed by atoms with Crippen molar-refractivity contribution in [2.45, 2.75) is 44.6 Å². The van der Waals surface area contributed by atoms with Gasteiger partial charge in [0.2, 0.25) is 0 Å². The van der Waals surface area contributed by atoms with E-state index in [1.54, 1.807) is 0 Å². The number of hydrogen-bond donors (Lipinski definition) is 2. The Kier molecular flexibility index (Phi) is 4.71. The van der Waals surface area contributed by atoms with E-state index in [2.05, 4.69) is 4.98 Å². The van der Waals surface area contributed by atoms with Gasteiger partial charge in [-0.3, -0.25) is 9.59 Å². The van der Waals surface area contributed by atoms with Crippen molar-refractivity contribution in [1.29, 1.82) is 0 Å². The molecule has 24 heavy (non-hydrogen) atoms. The molecule has 0 radical (unpaired) electrons. The number of esters is 1. The molecule has 5 heteroatoms. The average molecular weight is 328 g/mol. The minimum atomic E-state index is -0.663. The Labute approximate surface area is 141 Å². The van der Waals surface area contributed by atoms with Crippen LogP contribution in [0.15, 0.2) is 30.5 Å². The number of Topliss-reactive ketones (excluding diaryl/α,β-unsaturated/α-hetero) is 1. The normalized spacial score (nSPS) is 17.8. The van der Waals surface area contributed by atoms with Crippen LogP contribution in [0.4, 0.5) is 0 Å². The number of rotatable bonds is 6. The summed E-state index contributed by atoms with van der Waals surface area (Å²) in [5, 5.41) is 1.09. The number of ketones is 1. The monoisotopic (exact) mass is 328 g/mol. The number of hydrogen-bond acceptors (Lipinski definition) is 4. The topological polar surface area (TPSA) is 85.2 Å². The lowest BCUT2D eigenvalue weighted by Crippen LogP contribution is -2.39. The fourth-order valence-electron chi connectivity index (χ4n) is 3.84. The molecule has 0 bridgehead atoms. The van der Waals surface area contributed by atoms with Crippen LogP contribution >= 0.6 is 0 Å². The number of aromatic amines is 1. The van der Waals surface area contributed by atoms with Crippen molar-refractivity contribution < 1.29 is 14.3 Å². The molecule has 0 saturated heterocycles. The molecular weight excluding hydrogens is 304 g/mol. The lowest BCUT2D eigenvalue weighted by Gasteiger charge is -2.26. The van der Waals surface area contributed by atoms with Crippen molar-refractivity contribution in [2.24, 2.45) is 11.1 Å². The van der Waals surface area contributed by atoms with Gasteiger partial charge >= 0.3 is 5.97 Å². The first-order chi connectivity index (χ1) is 11.6. The predicted octanol–water partition coefficient (Wildman–Crippen LogP) is 2.73. The fraction of sp³-hybridized carbons (Fsp3) is 0.474. The highest BCUT2D eigenvalue weighted by Crippen LogP contribution is 2.42. The molecule has 1 aliphatic carbocycles. The molecule has 3 rings (SSSR count). The Bertz CT molecular complexity index is 744. The number of benzene rings is 1. The van der Waals surface area contributed by atoms with Crippen molar-refractivity contribution in [3.8, 4) is 0 Å². The van der Waals surface area contributed by atoms with Crippen LogP contribution in [0.5, 0.6) is 0 Å². The lowest BCUT2D eigenvalue weighted by atomic mass is 9.79. The maximum absolute atomic E-state index is 12.6. The fourth-order valence-corrected chi connectivity index (χ4v) is 3.84. The van der Waals surface area contributed by atoms with Crippen LogP contribution in [0.25, 0.3) is 10.9 Å². The molecule has 1 atom stereocenters. The highest BCUT2D eigenvalue weighted by molar-refractivity contribution is 5.91. The molecule has 0 spiro atoms. The molecule has 2 aromatic rings. The van der Waals surface area contributed by atoms with E-state index in [-0.39, 0.29) is 18.2 Å². The highest BCUT2D eigenvalue weighted by Gasteiger charge is 2.44. The molecule has 3 N–H and O–H groups in total. The number of aromatic nitrogens is 1. The van der Waals surface area contributed by atoms with Crippen molar-refractivity contribution in [1.82, 2.24) is 4.98 Å². The van der Waals surface area contributed by atoms with Crippen LogP contribution in [0.1, 0.15) is 37.7 Å². The van der Waals surface area contributed by atoms with E-state index >= 15 is 0 Å². The van der Waals surface area contributed by atoms with Gasteiger partial charge in [0.05, 0.1) is 18.6 Å². The van der Waals surface area contributed by atoms with E-state index in [0.29, 0.717) is 19.3 Å². The first-order valence-electron chi connectivity index (χ1n) is 8.47. The Morgan fingerprint density at radius 3 is 2.71 bits per heavy atom. The summed E-state index contributed by atoms with van der Waals surface area (Å²) in [6.45, 7) is 0. The van der Waals surface area contributed by atoms with Crippen molar-refractivity contribution >= 4 is 22.7 Å². The van der Waals surface area contributed by atoms with Gasteiger partial charge < -0.3 is 15.5 Å². The third-order valence-corrected chi connectivity index (χ3v) is 5.22. The van der Waals surface area contributed by atoms with Gasteiger partial charge in [0.1, 0.15) is 0 Å². The second-order valence-electron chi connectivity index (χ2n) is 6.79. The maximum Gasteiger partial charge on any atom is 0.312 e. The summed E-state index contributed by atoms with van der Waals surface area (Å²) in [6.07, 6.45) is 5.91. The number of H-pyrrole nitrogens is 1. The van der Waals surface area contributed by atoms with Gasteiger partial charge in [-0.1, -0.05) is 31.0 Å². The van der Waals surface area contributed by atoms with Crippen LogP contribution in [0.3, 0.4) is 0 Å². The summed E-state index contributed by atoms with van der Waals surface area (Å²) in [6, 6.07) is 7.35. The van der Waals surface area contributed by atoms with Crippen LogP contribution < -0.4 is 5.73 Å². The molecular formula is C19H24N2O3. The van der Waals surface area contributed by atoms with Crippen molar-refractivity contribution in [3.63, 3.8) is 0 Å². The van der Waals surface area contributed by atoms with E-state index in [0.717, 1.165) is 29.3 Å². The molecule has 1 saturated carbocycles. The second-order valence-corrected chi connectivity index (χ2v) is 6.79. The van der Waals surface area contributed by atoms with Gasteiger partial charge in [0.25, 0.3) is 0 Å². The number of nitrogens with one attached hydrogen (secondary N) is 1. The summed E-state index contributed by atoms with van der Waals surface area (Å²) < 4.78 is 4.94. The van der Waals surface area contributed by atoms with Crippen LogP contribution in [0, 0.1) is 5.41 Å². The third kappa shape index (κ3) is 3.08. The van der Waals surface area contributed by atoms with Crippen molar-refractivity contribution in [3.05, 3.63) is 36.0 Å². The Hall–Kier alpha value is -2.14. The second kappa shape index (κ2) is 6.77.